The molecule has 1 N–H and O–H groups in total. The molecule has 0 bridgehead atoms. The van der Waals surface area contributed by atoms with Gasteiger partial charge >= 0.3 is 0 Å². The van der Waals surface area contributed by atoms with Crippen molar-refractivity contribution < 1.29 is 4.74 Å². The van der Waals surface area contributed by atoms with E-state index in [-0.39, 0.29) is 0 Å². The molecule has 0 unspecified atom stereocenters. The molecule has 0 atom stereocenters. The van der Waals surface area contributed by atoms with Crippen LogP contribution in [-0.2, 0) is 13.1 Å². The molecule has 5 heteroatoms. The number of aromatic nitrogens is 2. The van der Waals surface area contributed by atoms with Gasteiger partial charge in [-0.25, -0.2) is 9.97 Å². The van der Waals surface area contributed by atoms with Gasteiger partial charge in [-0.1, -0.05) is 17.7 Å². The monoisotopic (exact) mass is 263 g/mol. The van der Waals surface area contributed by atoms with Gasteiger partial charge in [0.2, 0.25) is 0 Å². The van der Waals surface area contributed by atoms with Crippen LogP contribution in [0.2, 0.25) is 5.02 Å². The fraction of sp³-hybridized carbons (Fsp3) is 0.231. The summed E-state index contributed by atoms with van der Waals surface area (Å²) >= 11 is 6.05. The van der Waals surface area contributed by atoms with Crippen molar-refractivity contribution >= 4 is 11.6 Å². The van der Waals surface area contributed by atoms with Crippen molar-refractivity contribution in [1.29, 1.82) is 0 Å². The molecule has 0 aliphatic carbocycles. The molecule has 0 radical (unpaired) electrons. The predicted octanol–water partition coefficient (Wildman–Crippen LogP) is 2.43. The summed E-state index contributed by atoms with van der Waals surface area (Å²) in [5.41, 5.74) is 2.07. The Balaban J connectivity index is 1.89. The molecule has 0 fully saturated rings. The highest BCUT2D eigenvalue weighted by Gasteiger charge is 2.01. The quantitative estimate of drug-likeness (QED) is 0.900. The van der Waals surface area contributed by atoms with Gasteiger partial charge in [-0.3, -0.25) is 0 Å². The number of nitrogens with one attached hydrogen (secondary N) is 1. The maximum Gasteiger partial charge on any atom is 0.137 e. The highest BCUT2D eigenvalue weighted by Crippen LogP contribution is 2.24. The van der Waals surface area contributed by atoms with Gasteiger partial charge in [0.05, 0.1) is 17.8 Å². The van der Waals surface area contributed by atoms with Crippen molar-refractivity contribution in [2.24, 2.45) is 0 Å². The first-order valence-electron chi connectivity index (χ1n) is 5.57. The molecule has 0 saturated carbocycles. The van der Waals surface area contributed by atoms with E-state index >= 15 is 0 Å². The van der Waals surface area contributed by atoms with Crippen LogP contribution in [-0.4, -0.2) is 17.1 Å². The lowest BCUT2D eigenvalue weighted by molar-refractivity contribution is 0.415. The molecule has 1 aromatic carbocycles. The summed E-state index contributed by atoms with van der Waals surface area (Å²) in [4.78, 5) is 8.01. The van der Waals surface area contributed by atoms with Crippen molar-refractivity contribution in [2.75, 3.05) is 7.11 Å². The van der Waals surface area contributed by atoms with Gasteiger partial charge in [-0.2, -0.15) is 0 Å². The van der Waals surface area contributed by atoms with E-state index in [9.17, 15) is 0 Å². The lowest BCUT2D eigenvalue weighted by atomic mass is 10.2. The van der Waals surface area contributed by atoms with Gasteiger partial charge < -0.3 is 10.1 Å². The number of ether oxygens (including phenoxy) is 1. The van der Waals surface area contributed by atoms with E-state index in [1.807, 2.05) is 24.3 Å². The van der Waals surface area contributed by atoms with Crippen LogP contribution in [0.5, 0.6) is 5.75 Å². The van der Waals surface area contributed by atoms with Gasteiger partial charge in [-0.05, 0) is 23.8 Å². The number of nitrogens with zero attached hydrogens (tertiary/aromatic N) is 2. The standard InChI is InChI=1S/C13H14ClN3O/c1-18-13-3-2-10(6-12(13)14)7-16-8-11-4-5-15-9-17-11/h2-6,9,16H,7-8H2,1H3. The number of rotatable bonds is 5. The molecule has 2 aromatic rings. The number of hydrogen-bond acceptors (Lipinski definition) is 4. The Bertz CT molecular complexity index is 505. The Kier molecular flexibility index (Phi) is 4.50. The zero-order valence-electron chi connectivity index (χ0n) is 10.1. The molecule has 0 saturated heterocycles. The van der Waals surface area contributed by atoms with Crippen molar-refractivity contribution in [3.63, 3.8) is 0 Å². The van der Waals surface area contributed by atoms with E-state index in [4.69, 9.17) is 16.3 Å². The third-order valence-electron chi connectivity index (χ3n) is 2.49. The first-order chi connectivity index (χ1) is 8.79. The van der Waals surface area contributed by atoms with Crippen molar-refractivity contribution in [3.05, 3.63) is 53.1 Å². The molecule has 1 heterocycles. The molecule has 18 heavy (non-hydrogen) atoms. The summed E-state index contributed by atoms with van der Waals surface area (Å²) in [5.74, 6) is 0.691. The third-order valence-corrected chi connectivity index (χ3v) is 2.79. The molecule has 1 aromatic heterocycles. The second-order valence-electron chi connectivity index (χ2n) is 3.77. The summed E-state index contributed by atoms with van der Waals surface area (Å²) in [5, 5.41) is 3.92. The number of benzene rings is 1. The van der Waals surface area contributed by atoms with Crippen LogP contribution in [0.1, 0.15) is 11.3 Å². The maximum absolute atomic E-state index is 6.05. The van der Waals surface area contributed by atoms with E-state index in [0.29, 0.717) is 17.3 Å². The molecule has 2 rings (SSSR count). The van der Waals surface area contributed by atoms with E-state index in [1.165, 1.54) is 0 Å². The van der Waals surface area contributed by atoms with Crippen LogP contribution in [0.15, 0.2) is 36.8 Å². The van der Waals surface area contributed by atoms with Crippen LogP contribution >= 0.6 is 11.6 Å². The van der Waals surface area contributed by atoms with Gasteiger partial charge in [0, 0.05) is 19.3 Å². The lowest BCUT2D eigenvalue weighted by Gasteiger charge is -2.07. The van der Waals surface area contributed by atoms with Crippen LogP contribution in [0.4, 0.5) is 0 Å². The summed E-state index contributed by atoms with van der Waals surface area (Å²) in [7, 11) is 1.61. The Morgan fingerprint density at radius 3 is 2.83 bits per heavy atom. The molecule has 94 valence electrons. The van der Waals surface area contributed by atoms with E-state index in [1.54, 1.807) is 19.6 Å². The summed E-state index contributed by atoms with van der Waals surface area (Å²) in [6.45, 7) is 1.43. The minimum absolute atomic E-state index is 0.624. The van der Waals surface area contributed by atoms with Crippen LogP contribution in [0, 0.1) is 0 Å². The third kappa shape index (κ3) is 3.42. The lowest BCUT2D eigenvalue weighted by Crippen LogP contribution is -2.13. The van der Waals surface area contributed by atoms with Gasteiger partial charge in [0.25, 0.3) is 0 Å². The van der Waals surface area contributed by atoms with E-state index in [2.05, 4.69) is 15.3 Å². The number of hydrogen-bond donors (Lipinski definition) is 1. The molecule has 0 spiro atoms. The Morgan fingerprint density at radius 2 is 2.17 bits per heavy atom. The van der Waals surface area contributed by atoms with Gasteiger partial charge in [-0.15, -0.1) is 0 Å². The summed E-state index contributed by atoms with van der Waals surface area (Å²) in [6.07, 6.45) is 3.27. The Morgan fingerprint density at radius 1 is 1.28 bits per heavy atom. The highest BCUT2D eigenvalue weighted by atomic mass is 35.5. The normalized spacial score (nSPS) is 10.3. The van der Waals surface area contributed by atoms with Crippen molar-refractivity contribution in [1.82, 2.24) is 15.3 Å². The Hall–Kier alpha value is -1.65. The molecular formula is C13H14ClN3O. The molecule has 0 aliphatic heterocycles. The van der Waals surface area contributed by atoms with Gasteiger partial charge in [0.1, 0.15) is 12.1 Å². The van der Waals surface area contributed by atoms with Crippen molar-refractivity contribution in [2.45, 2.75) is 13.1 Å². The zero-order valence-corrected chi connectivity index (χ0v) is 10.8. The minimum Gasteiger partial charge on any atom is -0.495 e. The fourth-order valence-electron chi connectivity index (χ4n) is 1.58. The van der Waals surface area contributed by atoms with Crippen LogP contribution in [0.3, 0.4) is 0 Å². The largest absolute Gasteiger partial charge is 0.495 e. The SMILES string of the molecule is COc1ccc(CNCc2ccncn2)cc1Cl. The Labute approximate surface area is 111 Å². The second-order valence-corrected chi connectivity index (χ2v) is 4.18. The van der Waals surface area contributed by atoms with E-state index < -0.39 is 0 Å². The molecular weight excluding hydrogens is 250 g/mol. The summed E-state index contributed by atoms with van der Waals surface area (Å²) in [6, 6.07) is 7.63. The highest BCUT2D eigenvalue weighted by molar-refractivity contribution is 6.32. The minimum atomic E-state index is 0.624. The zero-order chi connectivity index (χ0) is 12.8. The molecule has 0 amide bonds. The first-order valence-corrected chi connectivity index (χ1v) is 5.95. The average Bonchev–Trinajstić information content (AvgIpc) is 2.40. The molecule has 4 nitrogen and oxygen atoms in total. The fourth-order valence-corrected chi connectivity index (χ4v) is 1.86. The number of methoxy groups -OCH3 is 1. The first kappa shape index (κ1) is 12.8. The second kappa shape index (κ2) is 6.33. The molecule has 0 aliphatic rings. The predicted molar refractivity (Wildman–Crippen MR) is 70.6 cm³/mol. The number of halogens is 1. The van der Waals surface area contributed by atoms with Crippen molar-refractivity contribution in [3.8, 4) is 5.75 Å². The topological polar surface area (TPSA) is 47.0 Å². The summed E-state index contributed by atoms with van der Waals surface area (Å²) < 4.78 is 5.10. The van der Waals surface area contributed by atoms with Gasteiger partial charge in [0.15, 0.2) is 0 Å². The smallest absolute Gasteiger partial charge is 0.137 e. The average molecular weight is 264 g/mol. The van der Waals surface area contributed by atoms with E-state index in [0.717, 1.165) is 17.8 Å². The van der Waals surface area contributed by atoms with Crippen LogP contribution < -0.4 is 10.1 Å². The van der Waals surface area contributed by atoms with Crippen LogP contribution in [0.25, 0.3) is 0 Å². The maximum atomic E-state index is 6.05.